The summed E-state index contributed by atoms with van der Waals surface area (Å²) in [6.07, 6.45) is 4.76. The molecule has 0 spiro atoms. The highest BCUT2D eigenvalue weighted by atomic mass is 16.5. The molecule has 186 valence electrons. The van der Waals surface area contributed by atoms with E-state index < -0.39 is 0 Å². The summed E-state index contributed by atoms with van der Waals surface area (Å²) in [6, 6.07) is 29.3. The summed E-state index contributed by atoms with van der Waals surface area (Å²) in [5, 5.41) is 7.85. The number of pyridine rings is 1. The van der Waals surface area contributed by atoms with E-state index in [1.807, 2.05) is 61.5 Å². The van der Waals surface area contributed by atoms with Crippen LogP contribution >= 0.6 is 0 Å². The summed E-state index contributed by atoms with van der Waals surface area (Å²) in [6.45, 7) is 3.60. The molecule has 5 rings (SSSR count). The van der Waals surface area contributed by atoms with Crippen molar-refractivity contribution in [3.63, 3.8) is 0 Å². The molecule has 0 bridgehead atoms. The Morgan fingerprint density at radius 2 is 1.67 bits per heavy atom. The van der Waals surface area contributed by atoms with Gasteiger partial charge in [-0.25, -0.2) is 4.98 Å². The van der Waals surface area contributed by atoms with Crippen molar-refractivity contribution in [2.45, 2.75) is 44.8 Å². The standard InChI is InChI=1S/C18H15NO2.C13H20N2/c1-2-21-15-9-7-13(8-10-15)18-11-14(12-20)16-5-3-4-6-17(16)19-18;1-14-12-7-8-13(9-12)15-10-11-5-3-2-4-6-11/h3-12H,2H2,1H3;2-6,12-15H,7-10H2,1H3. The van der Waals surface area contributed by atoms with Crippen molar-refractivity contribution in [3.05, 3.63) is 96.1 Å². The monoisotopic (exact) mass is 481 g/mol. The fourth-order valence-corrected chi connectivity index (χ4v) is 4.62. The van der Waals surface area contributed by atoms with Gasteiger partial charge in [0, 0.05) is 35.1 Å². The maximum atomic E-state index is 11.3. The number of aldehydes is 1. The predicted octanol–water partition coefficient (Wildman–Crippen LogP) is 6.03. The molecule has 0 aliphatic heterocycles. The van der Waals surface area contributed by atoms with E-state index in [-0.39, 0.29) is 0 Å². The number of rotatable bonds is 8. The summed E-state index contributed by atoms with van der Waals surface area (Å²) >= 11 is 0. The van der Waals surface area contributed by atoms with E-state index in [0.717, 1.165) is 46.8 Å². The number of hydrogen-bond donors (Lipinski definition) is 2. The minimum Gasteiger partial charge on any atom is -0.494 e. The van der Waals surface area contributed by atoms with Gasteiger partial charge in [0.15, 0.2) is 6.29 Å². The van der Waals surface area contributed by atoms with Gasteiger partial charge in [0.05, 0.1) is 17.8 Å². The summed E-state index contributed by atoms with van der Waals surface area (Å²) < 4.78 is 5.44. The maximum absolute atomic E-state index is 11.3. The van der Waals surface area contributed by atoms with Gasteiger partial charge in [0.2, 0.25) is 0 Å². The first-order valence-electron chi connectivity index (χ1n) is 12.7. The lowest BCUT2D eigenvalue weighted by atomic mass is 10.0. The van der Waals surface area contributed by atoms with E-state index in [9.17, 15) is 4.79 Å². The number of fused-ring (bicyclic) bond motifs is 1. The second-order valence-electron chi connectivity index (χ2n) is 9.05. The lowest BCUT2D eigenvalue weighted by Gasteiger charge is -2.13. The average Bonchev–Trinajstić information content (AvgIpc) is 3.41. The highest BCUT2D eigenvalue weighted by molar-refractivity contribution is 5.98. The molecule has 0 saturated heterocycles. The average molecular weight is 482 g/mol. The van der Waals surface area contributed by atoms with Crippen molar-refractivity contribution in [2.75, 3.05) is 13.7 Å². The fraction of sp³-hybridized carbons (Fsp3) is 0.290. The van der Waals surface area contributed by atoms with E-state index in [2.05, 4.69) is 53.0 Å². The van der Waals surface area contributed by atoms with Crippen molar-refractivity contribution >= 4 is 17.2 Å². The van der Waals surface area contributed by atoms with Gasteiger partial charge in [0.25, 0.3) is 0 Å². The van der Waals surface area contributed by atoms with E-state index >= 15 is 0 Å². The Morgan fingerprint density at radius 1 is 0.944 bits per heavy atom. The van der Waals surface area contributed by atoms with Gasteiger partial charge >= 0.3 is 0 Å². The molecule has 1 saturated carbocycles. The molecule has 5 nitrogen and oxygen atoms in total. The molecule has 4 aromatic rings. The molecule has 1 aliphatic carbocycles. The second kappa shape index (κ2) is 13.0. The van der Waals surface area contributed by atoms with Crippen LogP contribution in [-0.4, -0.2) is 37.0 Å². The van der Waals surface area contributed by atoms with Crippen LogP contribution in [-0.2, 0) is 6.54 Å². The highest BCUT2D eigenvalue weighted by Crippen LogP contribution is 2.25. The van der Waals surface area contributed by atoms with Gasteiger partial charge in [-0.15, -0.1) is 0 Å². The first-order chi connectivity index (χ1) is 17.7. The Labute approximate surface area is 213 Å². The van der Waals surface area contributed by atoms with Crippen LogP contribution in [0.15, 0.2) is 84.9 Å². The Bertz CT molecular complexity index is 1240. The number of hydrogen-bond acceptors (Lipinski definition) is 5. The minimum absolute atomic E-state index is 0.642. The quantitative estimate of drug-likeness (QED) is 0.301. The normalized spacial score (nSPS) is 16.8. The summed E-state index contributed by atoms with van der Waals surface area (Å²) in [5.41, 5.74) is 4.62. The number of carbonyl (C=O) groups is 1. The first kappa shape index (κ1) is 25.5. The lowest BCUT2D eigenvalue weighted by molar-refractivity contribution is 0.112. The van der Waals surface area contributed by atoms with Crippen LogP contribution < -0.4 is 15.4 Å². The molecule has 1 heterocycles. The largest absolute Gasteiger partial charge is 0.494 e. The lowest BCUT2D eigenvalue weighted by Crippen LogP contribution is -2.29. The van der Waals surface area contributed by atoms with E-state index in [1.165, 1.54) is 24.8 Å². The third-order valence-corrected chi connectivity index (χ3v) is 6.61. The van der Waals surface area contributed by atoms with Gasteiger partial charge in [-0.3, -0.25) is 4.79 Å². The topological polar surface area (TPSA) is 63.2 Å². The van der Waals surface area contributed by atoms with E-state index in [0.29, 0.717) is 18.2 Å². The number of aromatic nitrogens is 1. The Balaban J connectivity index is 0.000000179. The smallest absolute Gasteiger partial charge is 0.150 e. The van der Waals surface area contributed by atoms with Crippen LogP contribution in [0.25, 0.3) is 22.2 Å². The van der Waals surface area contributed by atoms with Crippen LogP contribution in [0.1, 0.15) is 42.1 Å². The highest BCUT2D eigenvalue weighted by Gasteiger charge is 2.22. The first-order valence-corrected chi connectivity index (χ1v) is 12.7. The van der Waals surface area contributed by atoms with Crippen molar-refractivity contribution in [3.8, 4) is 17.0 Å². The van der Waals surface area contributed by atoms with Gasteiger partial charge in [-0.05, 0) is 75.2 Å². The summed E-state index contributed by atoms with van der Waals surface area (Å²) in [5.74, 6) is 0.831. The van der Waals surface area contributed by atoms with Crippen molar-refractivity contribution in [1.82, 2.24) is 15.6 Å². The Kier molecular flexibility index (Phi) is 9.20. The molecule has 1 fully saturated rings. The predicted molar refractivity (Wildman–Crippen MR) is 148 cm³/mol. The van der Waals surface area contributed by atoms with E-state index in [1.54, 1.807) is 0 Å². The molecule has 0 amide bonds. The fourth-order valence-electron chi connectivity index (χ4n) is 4.62. The van der Waals surface area contributed by atoms with Crippen molar-refractivity contribution in [1.29, 1.82) is 0 Å². The van der Waals surface area contributed by atoms with Crippen molar-refractivity contribution in [2.24, 2.45) is 0 Å². The molecular formula is C31H35N3O2. The number of nitrogens with one attached hydrogen (secondary N) is 2. The van der Waals surface area contributed by atoms with Gasteiger partial charge < -0.3 is 15.4 Å². The van der Waals surface area contributed by atoms with Crippen LogP contribution in [0.5, 0.6) is 5.75 Å². The van der Waals surface area contributed by atoms with Gasteiger partial charge in [-0.1, -0.05) is 48.5 Å². The number of benzene rings is 3. The van der Waals surface area contributed by atoms with E-state index in [4.69, 9.17) is 4.74 Å². The summed E-state index contributed by atoms with van der Waals surface area (Å²) in [7, 11) is 2.06. The van der Waals surface area contributed by atoms with Crippen molar-refractivity contribution < 1.29 is 9.53 Å². The molecule has 1 aliphatic rings. The number of ether oxygens (including phenoxy) is 1. The molecule has 1 aromatic heterocycles. The SMILES string of the molecule is CCOc1ccc(-c2cc(C=O)c3ccccc3n2)cc1.CNC1CCC(NCc2ccccc2)C1. The molecule has 2 atom stereocenters. The number of nitrogens with zero attached hydrogens (tertiary/aromatic N) is 1. The third-order valence-electron chi connectivity index (χ3n) is 6.61. The maximum Gasteiger partial charge on any atom is 0.150 e. The zero-order chi connectivity index (χ0) is 25.2. The molecule has 36 heavy (non-hydrogen) atoms. The van der Waals surface area contributed by atoms with Crippen LogP contribution in [0.3, 0.4) is 0 Å². The minimum atomic E-state index is 0.642. The Hall–Kier alpha value is -3.54. The van der Waals surface area contributed by atoms with Gasteiger partial charge in [0.1, 0.15) is 5.75 Å². The molecule has 5 heteroatoms. The number of para-hydroxylation sites is 1. The summed E-state index contributed by atoms with van der Waals surface area (Å²) in [4.78, 5) is 15.9. The third kappa shape index (κ3) is 6.78. The second-order valence-corrected chi connectivity index (χ2v) is 9.05. The Morgan fingerprint density at radius 3 is 2.36 bits per heavy atom. The van der Waals surface area contributed by atoms with Gasteiger partial charge in [-0.2, -0.15) is 0 Å². The number of carbonyl (C=O) groups excluding carboxylic acids is 1. The molecule has 2 N–H and O–H groups in total. The molecule has 2 unspecified atom stereocenters. The molecule has 3 aromatic carbocycles. The zero-order valence-electron chi connectivity index (χ0n) is 21.1. The van der Waals surface area contributed by atoms with Crippen LogP contribution in [0.2, 0.25) is 0 Å². The zero-order valence-corrected chi connectivity index (χ0v) is 21.1. The molecular weight excluding hydrogens is 446 g/mol. The van der Waals surface area contributed by atoms with Crippen LogP contribution in [0.4, 0.5) is 0 Å². The van der Waals surface area contributed by atoms with Crippen LogP contribution in [0, 0.1) is 0 Å². The molecule has 0 radical (unpaired) electrons.